The number of rotatable bonds is 8. The van der Waals surface area contributed by atoms with Crippen LogP contribution in [-0.4, -0.2) is 95.4 Å². The molecule has 0 spiro atoms. The number of aromatic nitrogens is 3. The monoisotopic (exact) mass is 806 g/mol. The van der Waals surface area contributed by atoms with Crippen LogP contribution in [0, 0.1) is 18.7 Å². The Morgan fingerprint density at radius 1 is 1.03 bits per heavy atom. The molecule has 15 heteroatoms. The number of aryl methyl sites for hydroxylation is 1. The third-order valence-electron chi connectivity index (χ3n) is 12.4. The number of amides is 2. The molecule has 5 aliphatic heterocycles. The molecule has 10 rings (SSSR count). The van der Waals surface area contributed by atoms with E-state index in [0.717, 1.165) is 76.2 Å². The van der Waals surface area contributed by atoms with E-state index in [-0.39, 0.29) is 35.9 Å². The fraction of sp³-hybridized carbons (Fsp3) is 0.442. The number of thiophene rings is 1. The van der Waals surface area contributed by atoms with Gasteiger partial charge in [-0.1, -0.05) is 6.07 Å². The Hall–Kier alpha value is -5.09. The van der Waals surface area contributed by atoms with Crippen molar-refractivity contribution in [2.24, 2.45) is 10.9 Å². The highest BCUT2D eigenvalue weighted by molar-refractivity contribution is 7.12. The number of nitrogens with zero attached hydrogens (tertiary/aromatic N) is 4. The van der Waals surface area contributed by atoms with Crippen LogP contribution < -0.4 is 20.7 Å². The van der Waals surface area contributed by atoms with E-state index in [0.29, 0.717) is 56.3 Å². The summed E-state index contributed by atoms with van der Waals surface area (Å²) in [5, 5.41) is 10.8. The average molecular weight is 807 g/mol. The van der Waals surface area contributed by atoms with Crippen LogP contribution in [0.1, 0.15) is 71.9 Å². The maximum absolute atomic E-state index is 16.5. The molecule has 5 atom stereocenters. The highest BCUT2D eigenvalue weighted by Crippen LogP contribution is 2.47. The van der Waals surface area contributed by atoms with Gasteiger partial charge in [0.2, 0.25) is 12.1 Å². The van der Waals surface area contributed by atoms with Gasteiger partial charge in [0, 0.05) is 53.7 Å². The summed E-state index contributed by atoms with van der Waals surface area (Å²) in [6.45, 7) is 5.32. The number of benzene rings is 2. The Bertz CT molecular complexity index is 2410. The second-order valence-electron chi connectivity index (χ2n) is 16.0. The average Bonchev–Trinajstić information content (AvgIpc) is 4.10. The van der Waals surface area contributed by atoms with E-state index in [2.05, 4.69) is 56.7 Å². The molecule has 5 aliphatic rings. The fourth-order valence-electron chi connectivity index (χ4n) is 9.50. The Morgan fingerprint density at radius 3 is 2.71 bits per heavy atom. The summed E-state index contributed by atoms with van der Waals surface area (Å²) < 4.78 is 35.8. The number of nitrogens with one attached hydrogen (secondary N) is 4. The highest BCUT2D eigenvalue weighted by atomic mass is 32.1. The van der Waals surface area contributed by atoms with Gasteiger partial charge in [-0.05, 0) is 100 Å². The van der Waals surface area contributed by atoms with Crippen molar-refractivity contribution in [2.45, 2.75) is 76.0 Å². The molecule has 13 nitrogen and oxygen atoms in total. The van der Waals surface area contributed by atoms with Crippen LogP contribution in [0.4, 0.5) is 9.18 Å². The molecule has 3 fully saturated rings. The van der Waals surface area contributed by atoms with Gasteiger partial charge < -0.3 is 34.7 Å². The molecule has 5 aromatic rings. The molecule has 3 saturated heterocycles. The van der Waals surface area contributed by atoms with Gasteiger partial charge in [-0.3, -0.25) is 19.7 Å². The number of likely N-dealkylation sites (tertiary alicyclic amines) is 1. The number of ether oxygens (including phenoxy) is 3. The second kappa shape index (κ2) is 15.3. The number of halogens is 1. The number of aromatic amines is 1. The Balaban J connectivity index is 0.966. The first-order valence-electron chi connectivity index (χ1n) is 20.4. The van der Waals surface area contributed by atoms with Gasteiger partial charge in [-0.2, -0.15) is 0 Å². The number of aliphatic imine (C=N–C) groups is 1. The Morgan fingerprint density at radius 2 is 1.91 bits per heavy atom. The molecule has 2 aromatic carbocycles. The summed E-state index contributed by atoms with van der Waals surface area (Å²) in [7, 11) is 1.31. The third-order valence-corrected chi connectivity index (χ3v) is 13.5. The van der Waals surface area contributed by atoms with E-state index >= 15 is 4.39 Å². The molecule has 302 valence electrons. The molecule has 0 radical (unpaired) electrons. The molecular weight excluding hydrogens is 760 g/mol. The summed E-state index contributed by atoms with van der Waals surface area (Å²) in [5.74, 6) is 0.672. The first-order chi connectivity index (χ1) is 28.3. The molecule has 0 bridgehead atoms. The number of imidazole rings is 1. The van der Waals surface area contributed by atoms with Crippen molar-refractivity contribution in [2.75, 3.05) is 40.0 Å². The maximum atomic E-state index is 16.5. The zero-order chi connectivity index (χ0) is 39.5. The van der Waals surface area contributed by atoms with Gasteiger partial charge in [0.05, 0.1) is 52.4 Å². The van der Waals surface area contributed by atoms with Crippen molar-refractivity contribution in [3.8, 4) is 28.3 Å². The van der Waals surface area contributed by atoms with Crippen LogP contribution in [-0.2, 0) is 14.3 Å². The van der Waals surface area contributed by atoms with Crippen LogP contribution in [0.3, 0.4) is 0 Å². The summed E-state index contributed by atoms with van der Waals surface area (Å²) in [6.07, 6.45) is 5.82. The van der Waals surface area contributed by atoms with Gasteiger partial charge in [0.25, 0.3) is 0 Å². The molecule has 8 heterocycles. The van der Waals surface area contributed by atoms with Crippen molar-refractivity contribution < 1.29 is 28.2 Å². The van der Waals surface area contributed by atoms with Gasteiger partial charge in [-0.15, -0.1) is 11.3 Å². The molecule has 5 unspecified atom stereocenters. The van der Waals surface area contributed by atoms with E-state index in [1.54, 1.807) is 23.6 Å². The lowest BCUT2D eigenvalue weighted by molar-refractivity contribution is -0.136. The number of methoxy groups -OCH3 is 1. The van der Waals surface area contributed by atoms with Gasteiger partial charge in [0.1, 0.15) is 29.6 Å². The maximum Gasteiger partial charge on any atom is 0.407 e. The van der Waals surface area contributed by atoms with Crippen LogP contribution >= 0.6 is 11.3 Å². The summed E-state index contributed by atoms with van der Waals surface area (Å²) in [5.41, 5.74) is 5.39. The van der Waals surface area contributed by atoms with Gasteiger partial charge in [-0.25, -0.2) is 14.2 Å². The molecular formula is C43H47FN8O5S. The number of H-pyrrole nitrogens is 1. The predicted molar refractivity (Wildman–Crippen MR) is 219 cm³/mol. The van der Waals surface area contributed by atoms with E-state index < -0.39 is 18.4 Å². The lowest BCUT2D eigenvalue weighted by atomic mass is 9.90. The Labute approximate surface area is 339 Å². The second-order valence-corrected chi connectivity index (χ2v) is 17.3. The number of alkyl carbamates (subject to hydrolysis) is 1. The lowest BCUT2D eigenvalue weighted by Gasteiger charge is -2.34. The first kappa shape index (κ1) is 37.2. The minimum atomic E-state index is -0.706. The van der Waals surface area contributed by atoms with Crippen LogP contribution in [0.2, 0.25) is 0 Å². The molecule has 58 heavy (non-hydrogen) atoms. The number of carbonyl (C=O) groups excluding carboxylic acids is 2. The number of hydrogen-bond donors (Lipinski definition) is 4. The largest absolute Gasteiger partial charge is 0.464 e. The summed E-state index contributed by atoms with van der Waals surface area (Å²) >= 11 is 1.67. The molecule has 4 N–H and O–H groups in total. The minimum absolute atomic E-state index is 0.0218. The molecule has 3 aromatic heterocycles. The van der Waals surface area contributed by atoms with E-state index in [1.807, 2.05) is 23.1 Å². The van der Waals surface area contributed by atoms with Gasteiger partial charge >= 0.3 is 6.09 Å². The smallest absolute Gasteiger partial charge is 0.407 e. The van der Waals surface area contributed by atoms with Crippen molar-refractivity contribution in [1.29, 1.82) is 0 Å². The normalized spacial score (nSPS) is 23.7. The fourth-order valence-corrected chi connectivity index (χ4v) is 10.4. The molecule has 0 saturated carbocycles. The number of fused-ring (bicyclic) bond motifs is 5. The molecule has 2 amide bonds. The van der Waals surface area contributed by atoms with Crippen LogP contribution in [0.15, 0.2) is 59.7 Å². The lowest BCUT2D eigenvalue weighted by Crippen LogP contribution is -2.53. The molecule has 0 aliphatic carbocycles. The van der Waals surface area contributed by atoms with E-state index in [9.17, 15) is 9.59 Å². The van der Waals surface area contributed by atoms with Crippen LogP contribution in [0.25, 0.3) is 33.4 Å². The Kier molecular flexibility index (Phi) is 9.78. The SMILES string of the molecule is COC(=O)NC(C(=O)N1CCCC1c1ncc(-c2ccc3c(c2)cc2n3C(c3ccc(C)s3)Oc3cc(C4=NC(C5CCCN5)NC4)cc(F)c3-2)[nH]1)C1CCOCC1. The zero-order valence-electron chi connectivity index (χ0n) is 32.6. The number of carbonyl (C=O) groups is 2. The predicted octanol–water partition coefficient (Wildman–Crippen LogP) is 6.43. The highest BCUT2D eigenvalue weighted by Gasteiger charge is 2.40. The first-order valence-corrected chi connectivity index (χ1v) is 21.2. The quantitative estimate of drug-likeness (QED) is 0.140. The topological polar surface area (TPSA) is 147 Å². The van der Waals surface area contributed by atoms with Gasteiger partial charge in [0.15, 0.2) is 0 Å². The van der Waals surface area contributed by atoms with Crippen molar-refractivity contribution in [3.05, 3.63) is 81.7 Å². The summed E-state index contributed by atoms with van der Waals surface area (Å²) in [4.78, 5) is 43.8. The van der Waals surface area contributed by atoms with Crippen molar-refractivity contribution in [1.82, 2.24) is 35.4 Å². The minimum Gasteiger partial charge on any atom is -0.464 e. The van der Waals surface area contributed by atoms with E-state index in [4.69, 9.17) is 24.2 Å². The van der Waals surface area contributed by atoms with Crippen molar-refractivity contribution in [3.63, 3.8) is 0 Å². The third kappa shape index (κ3) is 6.67. The summed E-state index contributed by atoms with van der Waals surface area (Å²) in [6, 6.07) is 15.3. The van der Waals surface area contributed by atoms with E-state index in [1.165, 1.54) is 12.0 Å². The van der Waals surface area contributed by atoms with Crippen molar-refractivity contribution >= 4 is 40.0 Å². The van der Waals surface area contributed by atoms with Crippen LogP contribution in [0.5, 0.6) is 5.75 Å². The zero-order valence-corrected chi connectivity index (χ0v) is 33.4. The number of hydrogen-bond acceptors (Lipinski definition) is 10. The standard InChI is InChI=1S/C43H47FN8O5S/c1-23-7-10-36(58-23)42-52-32-9-8-25(30-21-47-40(49-30)33-6-4-14-51(33)41(53)38(50-43(54)55-2)24-11-15-56-16-12-24)17-27(32)19-34(52)37-28(44)18-26(20-35(37)57-42)31-22-46-39(48-31)29-5-3-13-45-29/h7-10,17-21,24,29,33,38-39,42,45-46H,3-6,11-16,22H2,1-2H3,(H,47,49)(H,50,54).